The number of hydrogen-bond acceptors (Lipinski definition) is 6. The van der Waals surface area contributed by atoms with Crippen molar-refractivity contribution in [3.63, 3.8) is 0 Å². The monoisotopic (exact) mass is 359 g/mol. The molecule has 0 radical (unpaired) electrons. The van der Waals surface area contributed by atoms with Crippen LogP contribution in [0.15, 0.2) is 12.3 Å². The first-order valence-corrected chi connectivity index (χ1v) is 8.44. The van der Waals surface area contributed by atoms with E-state index in [4.69, 9.17) is 4.74 Å². The van der Waals surface area contributed by atoms with E-state index in [0.29, 0.717) is 23.3 Å². The number of rotatable bonds is 4. The highest BCUT2D eigenvalue weighted by Gasteiger charge is 2.32. The molecule has 0 aliphatic carbocycles. The van der Waals surface area contributed by atoms with Crippen LogP contribution < -0.4 is 5.32 Å². The van der Waals surface area contributed by atoms with Gasteiger partial charge < -0.3 is 10.1 Å². The van der Waals surface area contributed by atoms with Crippen molar-refractivity contribution in [1.82, 2.24) is 25.0 Å². The topological polar surface area (TPSA) is 106 Å². The van der Waals surface area contributed by atoms with Gasteiger partial charge in [-0.2, -0.15) is 5.10 Å². The Hall–Kier alpha value is -2.97. The second-order valence-corrected chi connectivity index (χ2v) is 6.49. The standard InChI is InChI=1S/C17H21N5O4/c1-9(2)22-14-12(8-19-22)7-13(10(3)20-14)16(24)26-11(4)15(23)21-6-5-18-17(21)25/h7-9,11H,5-6H2,1-4H3,(H,18,25)/t11-/m0/s1. The maximum Gasteiger partial charge on any atom is 0.340 e. The Morgan fingerprint density at radius 3 is 2.65 bits per heavy atom. The van der Waals surface area contributed by atoms with Gasteiger partial charge in [0.1, 0.15) is 0 Å². The average Bonchev–Trinajstić information content (AvgIpc) is 3.18. The SMILES string of the molecule is Cc1nc2c(cnn2C(C)C)cc1C(=O)O[C@@H](C)C(=O)N1CCNC1=O. The van der Waals surface area contributed by atoms with Gasteiger partial charge >= 0.3 is 12.0 Å². The molecule has 1 N–H and O–H groups in total. The number of aromatic nitrogens is 3. The van der Waals surface area contributed by atoms with E-state index in [0.717, 1.165) is 4.90 Å². The molecule has 2 aromatic heterocycles. The van der Waals surface area contributed by atoms with Crippen LogP contribution in [0.25, 0.3) is 11.0 Å². The third-order valence-electron chi connectivity index (χ3n) is 4.22. The molecule has 26 heavy (non-hydrogen) atoms. The molecule has 0 bridgehead atoms. The van der Waals surface area contributed by atoms with Crippen LogP contribution in [-0.4, -0.2) is 56.8 Å². The van der Waals surface area contributed by atoms with Gasteiger partial charge in [-0.25, -0.2) is 19.3 Å². The molecule has 1 atom stereocenters. The second-order valence-electron chi connectivity index (χ2n) is 6.49. The summed E-state index contributed by atoms with van der Waals surface area (Å²) in [5, 5.41) is 7.54. The van der Waals surface area contributed by atoms with Crippen LogP contribution in [0, 0.1) is 6.92 Å². The number of nitrogens with one attached hydrogen (secondary N) is 1. The molecule has 9 heteroatoms. The highest BCUT2D eigenvalue weighted by atomic mass is 16.5. The number of aryl methyl sites for hydroxylation is 1. The van der Waals surface area contributed by atoms with E-state index in [1.165, 1.54) is 6.92 Å². The molecular formula is C17H21N5O4. The Labute approximate surface area is 150 Å². The molecule has 0 saturated carbocycles. The first-order valence-electron chi connectivity index (χ1n) is 8.44. The van der Waals surface area contributed by atoms with Gasteiger partial charge in [-0.15, -0.1) is 0 Å². The van der Waals surface area contributed by atoms with E-state index in [1.807, 2.05) is 13.8 Å². The van der Waals surface area contributed by atoms with Crippen LogP contribution in [-0.2, 0) is 9.53 Å². The lowest BCUT2D eigenvalue weighted by Gasteiger charge is -2.18. The van der Waals surface area contributed by atoms with Crippen molar-refractivity contribution in [1.29, 1.82) is 0 Å². The number of fused-ring (bicyclic) bond motifs is 1. The largest absolute Gasteiger partial charge is 0.449 e. The minimum absolute atomic E-state index is 0.140. The third-order valence-corrected chi connectivity index (χ3v) is 4.22. The quantitative estimate of drug-likeness (QED) is 0.828. The summed E-state index contributed by atoms with van der Waals surface area (Å²) in [4.78, 5) is 41.8. The lowest BCUT2D eigenvalue weighted by Crippen LogP contribution is -2.41. The van der Waals surface area contributed by atoms with E-state index >= 15 is 0 Å². The molecule has 2 aromatic rings. The van der Waals surface area contributed by atoms with E-state index in [-0.39, 0.29) is 18.2 Å². The van der Waals surface area contributed by atoms with Crippen LogP contribution >= 0.6 is 0 Å². The number of amides is 3. The van der Waals surface area contributed by atoms with Crippen molar-refractivity contribution in [3.05, 3.63) is 23.5 Å². The zero-order valence-electron chi connectivity index (χ0n) is 15.1. The summed E-state index contributed by atoms with van der Waals surface area (Å²) in [6.45, 7) is 7.80. The minimum Gasteiger partial charge on any atom is -0.449 e. The Balaban J connectivity index is 1.80. The summed E-state index contributed by atoms with van der Waals surface area (Å²) in [5.74, 6) is -1.21. The van der Waals surface area contributed by atoms with Crippen molar-refractivity contribution < 1.29 is 19.1 Å². The molecule has 3 rings (SSSR count). The predicted molar refractivity (Wildman–Crippen MR) is 92.6 cm³/mol. The summed E-state index contributed by atoms with van der Waals surface area (Å²) in [5.41, 5.74) is 1.45. The lowest BCUT2D eigenvalue weighted by atomic mass is 10.1. The Kier molecular flexibility index (Phi) is 4.62. The zero-order chi connectivity index (χ0) is 19.0. The van der Waals surface area contributed by atoms with Crippen molar-refractivity contribution in [2.24, 2.45) is 0 Å². The smallest absolute Gasteiger partial charge is 0.340 e. The summed E-state index contributed by atoms with van der Waals surface area (Å²) in [7, 11) is 0. The number of urea groups is 1. The molecule has 0 aromatic carbocycles. The molecule has 1 saturated heterocycles. The van der Waals surface area contributed by atoms with Gasteiger partial charge in [-0.05, 0) is 33.8 Å². The van der Waals surface area contributed by atoms with E-state index < -0.39 is 24.0 Å². The van der Waals surface area contributed by atoms with E-state index in [1.54, 1.807) is 23.9 Å². The van der Waals surface area contributed by atoms with Crippen molar-refractivity contribution in [3.8, 4) is 0 Å². The first kappa shape index (κ1) is 17.8. The maximum atomic E-state index is 12.5. The van der Waals surface area contributed by atoms with Gasteiger partial charge in [0.2, 0.25) is 0 Å². The molecule has 1 aliphatic rings. The fourth-order valence-corrected chi connectivity index (χ4v) is 2.83. The number of esters is 1. The maximum absolute atomic E-state index is 12.5. The number of imide groups is 1. The van der Waals surface area contributed by atoms with E-state index in [9.17, 15) is 14.4 Å². The third kappa shape index (κ3) is 3.12. The predicted octanol–water partition coefficient (Wildman–Crippen LogP) is 1.42. The average molecular weight is 359 g/mol. The molecule has 3 amide bonds. The van der Waals surface area contributed by atoms with Gasteiger partial charge in [-0.3, -0.25) is 9.69 Å². The van der Waals surface area contributed by atoms with Crippen LogP contribution in [0.5, 0.6) is 0 Å². The molecule has 1 fully saturated rings. The Morgan fingerprint density at radius 1 is 1.31 bits per heavy atom. The second kappa shape index (κ2) is 6.74. The molecule has 9 nitrogen and oxygen atoms in total. The Bertz CT molecular complexity index is 889. The highest BCUT2D eigenvalue weighted by Crippen LogP contribution is 2.20. The lowest BCUT2D eigenvalue weighted by molar-refractivity contribution is -0.136. The molecule has 3 heterocycles. The van der Waals surface area contributed by atoms with Gasteiger partial charge in [0, 0.05) is 24.5 Å². The summed E-state index contributed by atoms with van der Waals surface area (Å²) in [6.07, 6.45) is 0.571. The van der Waals surface area contributed by atoms with Crippen LogP contribution in [0.4, 0.5) is 4.79 Å². The van der Waals surface area contributed by atoms with Crippen molar-refractivity contribution >= 4 is 28.9 Å². The molecule has 0 unspecified atom stereocenters. The van der Waals surface area contributed by atoms with Crippen molar-refractivity contribution in [2.75, 3.05) is 13.1 Å². The number of hydrogen-bond donors (Lipinski definition) is 1. The molecule has 0 spiro atoms. The normalized spacial score (nSPS) is 15.4. The Morgan fingerprint density at radius 2 is 2.04 bits per heavy atom. The fraction of sp³-hybridized carbons (Fsp3) is 0.471. The summed E-state index contributed by atoms with van der Waals surface area (Å²) < 4.78 is 7.04. The molecule has 138 valence electrons. The fourth-order valence-electron chi connectivity index (χ4n) is 2.83. The number of pyridine rings is 1. The van der Waals surface area contributed by atoms with Crippen LogP contribution in [0.2, 0.25) is 0 Å². The number of nitrogens with zero attached hydrogens (tertiary/aromatic N) is 4. The number of carbonyl (C=O) groups excluding carboxylic acids is 3. The zero-order valence-corrected chi connectivity index (χ0v) is 15.1. The summed E-state index contributed by atoms with van der Waals surface area (Å²) >= 11 is 0. The van der Waals surface area contributed by atoms with Gasteiger partial charge in [0.25, 0.3) is 5.91 Å². The van der Waals surface area contributed by atoms with Crippen molar-refractivity contribution in [2.45, 2.75) is 39.8 Å². The van der Waals surface area contributed by atoms with Gasteiger partial charge in [0.15, 0.2) is 11.8 Å². The number of carbonyl (C=O) groups is 3. The van der Waals surface area contributed by atoms with Gasteiger partial charge in [-0.1, -0.05) is 0 Å². The molecular weight excluding hydrogens is 338 g/mol. The molecule has 1 aliphatic heterocycles. The highest BCUT2D eigenvalue weighted by molar-refractivity contribution is 6.00. The van der Waals surface area contributed by atoms with Crippen LogP contribution in [0.1, 0.15) is 42.9 Å². The summed E-state index contributed by atoms with van der Waals surface area (Å²) in [6, 6.07) is 1.32. The van der Waals surface area contributed by atoms with Crippen LogP contribution in [0.3, 0.4) is 0 Å². The number of ether oxygens (including phenoxy) is 1. The first-order chi connectivity index (χ1) is 12.3. The van der Waals surface area contributed by atoms with Gasteiger partial charge in [0.05, 0.1) is 17.5 Å². The van der Waals surface area contributed by atoms with E-state index in [2.05, 4.69) is 15.4 Å². The minimum atomic E-state index is -1.07.